The molecule has 1 aromatic rings. The summed E-state index contributed by atoms with van der Waals surface area (Å²) >= 11 is 1.97. The van der Waals surface area contributed by atoms with E-state index in [0.29, 0.717) is 19.3 Å². The molecular formula is C15H24N2O2S. The van der Waals surface area contributed by atoms with Crippen molar-refractivity contribution < 1.29 is 9.47 Å². The fraction of sp³-hybridized carbons (Fsp3) is 0.600. The lowest BCUT2D eigenvalue weighted by Crippen LogP contribution is -2.46. The fourth-order valence-corrected chi connectivity index (χ4v) is 3.70. The Hall–Kier alpha value is -0.750. The zero-order valence-electron chi connectivity index (χ0n) is 12.2. The van der Waals surface area contributed by atoms with Gasteiger partial charge < -0.3 is 15.2 Å². The third-order valence-electron chi connectivity index (χ3n) is 3.68. The van der Waals surface area contributed by atoms with Gasteiger partial charge in [0.1, 0.15) is 12.4 Å². The number of benzene rings is 1. The molecule has 2 unspecified atom stereocenters. The molecule has 1 saturated heterocycles. The van der Waals surface area contributed by atoms with Crippen LogP contribution >= 0.6 is 11.8 Å². The molecule has 112 valence electrons. The second-order valence-electron chi connectivity index (χ2n) is 5.03. The van der Waals surface area contributed by atoms with Crippen LogP contribution in [0.25, 0.3) is 0 Å². The lowest BCUT2D eigenvalue weighted by Gasteiger charge is -2.36. The van der Waals surface area contributed by atoms with Crippen molar-refractivity contribution in [1.29, 1.82) is 0 Å². The van der Waals surface area contributed by atoms with Gasteiger partial charge in [-0.2, -0.15) is 11.8 Å². The van der Waals surface area contributed by atoms with E-state index in [2.05, 4.69) is 18.0 Å². The van der Waals surface area contributed by atoms with E-state index in [1.807, 2.05) is 30.0 Å². The molecule has 2 rings (SSSR count). The van der Waals surface area contributed by atoms with Gasteiger partial charge in [0.25, 0.3) is 0 Å². The van der Waals surface area contributed by atoms with E-state index in [4.69, 9.17) is 15.2 Å². The minimum absolute atomic E-state index is 0.0217. The molecule has 20 heavy (non-hydrogen) atoms. The number of methoxy groups -OCH3 is 1. The molecule has 0 saturated carbocycles. The van der Waals surface area contributed by atoms with Crippen LogP contribution in [0.4, 0.5) is 0 Å². The molecule has 4 nitrogen and oxygen atoms in total. The summed E-state index contributed by atoms with van der Waals surface area (Å²) < 4.78 is 10.8. The van der Waals surface area contributed by atoms with E-state index < -0.39 is 0 Å². The lowest BCUT2D eigenvalue weighted by atomic mass is 9.99. The number of thioether (sulfide) groups is 1. The Morgan fingerprint density at radius 3 is 2.95 bits per heavy atom. The molecule has 1 aromatic carbocycles. The smallest absolute Gasteiger partial charge is 0.124 e. The Morgan fingerprint density at radius 2 is 2.20 bits per heavy atom. The third-order valence-corrected chi connectivity index (χ3v) is 4.73. The number of hydrogen-bond acceptors (Lipinski definition) is 5. The van der Waals surface area contributed by atoms with Crippen molar-refractivity contribution >= 4 is 11.8 Å². The Morgan fingerprint density at radius 1 is 1.40 bits per heavy atom. The van der Waals surface area contributed by atoms with Gasteiger partial charge in [-0.15, -0.1) is 0 Å². The highest BCUT2D eigenvalue weighted by Crippen LogP contribution is 2.30. The van der Waals surface area contributed by atoms with Gasteiger partial charge in [-0.25, -0.2) is 0 Å². The molecule has 0 aliphatic carbocycles. The molecule has 1 aliphatic heterocycles. The van der Waals surface area contributed by atoms with Crippen LogP contribution in [0, 0.1) is 0 Å². The summed E-state index contributed by atoms with van der Waals surface area (Å²) in [5.41, 5.74) is 7.59. The molecule has 0 spiro atoms. The van der Waals surface area contributed by atoms with Crippen LogP contribution in [0.15, 0.2) is 24.3 Å². The van der Waals surface area contributed by atoms with E-state index in [1.165, 1.54) is 5.75 Å². The fourth-order valence-electron chi connectivity index (χ4n) is 2.41. The van der Waals surface area contributed by atoms with Gasteiger partial charge >= 0.3 is 0 Å². The van der Waals surface area contributed by atoms with Gasteiger partial charge in [0.2, 0.25) is 0 Å². The highest BCUT2D eigenvalue weighted by atomic mass is 32.2. The normalized spacial score (nSPS) is 21.6. The predicted octanol–water partition coefficient (Wildman–Crippen LogP) is 1.76. The Balaban J connectivity index is 2.09. The molecule has 2 atom stereocenters. The minimum atomic E-state index is -0.0217. The summed E-state index contributed by atoms with van der Waals surface area (Å²) in [6.07, 6.45) is 0. The largest absolute Gasteiger partial charge is 0.491 e. The zero-order chi connectivity index (χ0) is 14.4. The van der Waals surface area contributed by atoms with Crippen molar-refractivity contribution in [1.82, 2.24) is 4.90 Å². The first-order valence-corrected chi connectivity index (χ1v) is 8.13. The van der Waals surface area contributed by atoms with Crippen molar-refractivity contribution in [2.24, 2.45) is 5.73 Å². The highest BCUT2D eigenvalue weighted by molar-refractivity contribution is 7.99. The van der Waals surface area contributed by atoms with E-state index in [1.54, 1.807) is 7.11 Å². The van der Waals surface area contributed by atoms with E-state index >= 15 is 0 Å². The Labute approximate surface area is 125 Å². The molecule has 5 heteroatoms. The zero-order valence-corrected chi connectivity index (χ0v) is 13.1. The number of ether oxygens (including phenoxy) is 2. The summed E-state index contributed by atoms with van der Waals surface area (Å²) in [4.78, 5) is 2.35. The summed E-state index contributed by atoms with van der Waals surface area (Å²) in [5, 5.41) is 0. The van der Waals surface area contributed by atoms with Crippen molar-refractivity contribution in [2.75, 3.05) is 45.4 Å². The second kappa shape index (κ2) is 7.88. The van der Waals surface area contributed by atoms with Crippen LogP contribution < -0.4 is 10.5 Å². The first-order chi connectivity index (χ1) is 9.74. The maximum absolute atomic E-state index is 6.50. The van der Waals surface area contributed by atoms with Crippen molar-refractivity contribution in [2.45, 2.75) is 12.1 Å². The summed E-state index contributed by atoms with van der Waals surface area (Å²) in [5.74, 6) is 3.14. The molecule has 0 aromatic heterocycles. The molecule has 1 heterocycles. The number of rotatable bonds is 6. The molecule has 0 amide bonds. The maximum atomic E-state index is 6.50. The Kier molecular flexibility index (Phi) is 6.16. The average Bonchev–Trinajstić information content (AvgIpc) is 2.48. The van der Waals surface area contributed by atoms with Crippen LogP contribution in [0.3, 0.4) is 0 Å². The quantitative estimate of drug-likeness (QED) is 0.811. The van der Waals surface area contributed by atoms with Gasteiger partial charge in [0.05, 0.1) is 6.61 Å². The van der Waals surface area contributed by atoms with E-state index in [-0.39, 0.29) is 6.04 Å². The summed E-state index contributed by atoms with van der Waals surface area (Å²) in [7, 11) is 3.83. The number of para-hydroxylation sites is 1. The van der Waals surface area contributed by atoms with Crippen LogP contribution in [-0.2, 0) is 4.74 Å². The van der Waals surface area contributed by atoms with Crippen molar-refractivity contribution in [3.63, 3.8) is 0 Å². The minimum Gasteiger partial charge on any atom is -0.491 e. The molecule has 2 N–H and O–H groups in total. The predicted molar refractivity (Wildman–Crippen MR) is 84.5 cm³/mol. The van der Waals surface area contributed by atoms with Gasteiger partial charge in [0, 0.05) is 42.8 Å². The van der Waals surface area contributed by atoms with E-state index in [0.717, 1.165) is 23.6 Å². The van der Waals surface area contributed by atoms with Crippen LogP contribution in [-0.4, -0.2) is 56.4 Å². The van der Waals surface area contributed by atoms with Crippen LogP contribution in [0.2, 0.25) is 0 Å². The van der Waals surface area contributed by atoms with Crippen molar-refractivity contribution in [3.8, 4) is 5.75 Å². The Bertz CT molecular complexity index is 417. The first kappa shape index (κ1) is 15.6. The topological polar surface area (TPSA) is 47.7 Å². The molecule has 0 radical (unpaired) electrons. The number of nitrogens with two attached hydrogens (primary N) is 1. The average molecular weight is 296 g/mol. The number of nitrogens with zero attached hydrogens (tertiary/aromatic N) is 1. The maximum Gasteiger partial charge on any atom is 0.124 e. The molecular weight excluding hydrogens is 272 g/mol. The van der Waals surface area contributed by atoms with Gasteiger partial charge in [0.15, 0.2) is 0 Å². The van der Waals surface area contributed by atoms with Crippen molar-refractivity contribution in [3.05, 3.63) is 29.8 Å². The standard InChI is InChI=1S/C15H24N2O2S/c1-17-7-10-20-11-13(17)15(16)12-5-3-4-6-14(12)19-9-8-18-2/h3-6,13,15H,7-11,16H2,1-2H3. The van der Waals surface area contributed by atoms with Gasteiger partial charge in [-0.3, -0.25) is 4.90 Å². The molecule has 0 bridgehead atoms. The number of likely N-dealkylation sites (N-methyl/N-ethyl adjacent to an activating group) is 1. The monoisotopic (exact) mass is 296 g/mol. The molecule has 1 aliphatic rings. The third kappa shape index (κ3) is 3.88. The van der Waals surface area contributed by atoms with E-state index in [9.17, 15) is 0 Å². The highest BCUT2D eigenvalue weighted by Gasteiger charge is 2.28. The van der Waals surface area contributed by atoms with Crippen LogP contribution in [0.5, 0.6) is 5.75 Å². The van der Waals surface area contributed by atoms with Gasteiger partial charge in [-0.1, -0.05) is 18.2 Å². The van der Waals surface area contributed by atoms with Gasteiger partial charge in [-0.05, 0) is 13.1 Å². The summed E-state index contributed by atoms with van der Waals surface area (Å²) in [6.45, 7) is 2.23. The lowest BCUT2D eigenvalue weighted by molar-refractivity contribution is 0.144. The molecule has 1 fully saturated rings. The summed E-state index contributed by atoms with van der Waals surface area (Å²) in [6, 6.07) is 8.40. The van der Waals surface area contributed by atoms with Crippen LogP contribution in [0.1, 0.15) is 11.6 Å². The first-order valence-electron chi connectivity index (χ1n) is 6.98. The number of hydrogen-bond donors (Lipinski definition) is 1. The second-order valence-corrected chi connectivity index (χ2v) is 6.18. The SMILES string of the molecule is COCCOc1ccccc1C(N)C1CSCCN1C.